The first-order valence-electron chi connectivity index (χ1n) is 7.25. The molecule has 0 bridgehead atoms. The van der Waals surface area contributed by atoms with E-state index in [9.17, 15) is 0 Å². The molecule has 0 amide bonds. The molecule has 1 aliphatic rings. The molecule has 0 aliphatic carbocycles. The van der Waals surface area contributed by atoms with Crippen LogP contribution in [-0.2, 0) is 4.74 Å². The summed E-state index contributed by atoms with van der Waals surface area (Å²) in [6, 6.07) is 0. The Morgan fingerprint density at radius 2 is 1.32 bits per heavy atom. The van der Waals surface area contributed by atoms with Gasteiger partial charge in [0.25, 0.3) is 0 Å². The molecule has 0 aromatic carbocycles. The van der Waals surface area contributed by atoms with E-state index in [2.05, 4.69) is 47.6 Å². The summed E-state index contributed by atoms with van der Waals surface area (Å²) in [5.74, 6) is 0. The molecule has 0 aromatic heterocycles. The number of rotatable bonds is 3. The summed E-state index contributed by atoms with van der Waals surface area (Å²) in [7, 11) is 0. The molecule has 0 saturated heterocycles. The van der Waals surface area contributed by atoms with Crippen LogP contribution in [0.1, 0.15) is 65.7 Å². The van der Waals surface area contributed by atoms with E-state index in [1.165, 1.54) is 19.3 Å². The van der Waals surface area contributed by atoms with Crippen LogP contribution in [-0.4, -0.2) is 37.1 Å². The summed E-state index contributed by atoms with van der Waals surface area (Å²) in [6.45, 7) is 18.8. The Labute approximate surface area is 140 Å². The predicted octanol–water partition coefficient (Wildman–Crippen LogP) is 5.25. The van der Waals surface area contributed by atoms with E-state index < -0.39 is 0 Å². The van der Waals surface area contributed by atoms with Crippen LogP contribution in [0, 0.1) is 26.8 Å². The Hall–Kier alpha value is 0.499. The van der Waals surface area contributed by atoms with Crippen molar-refractivity contribution in [2.24, 2.45) is 0 Å². The van der Waals surface area contributed by atoms with Crippen molar-refractivity contribution in [2.75, 3.05) is 13.2 Å². The summed E-state index contributed by atoms with van der Waals surface area (Å²) < 4.78 is 4.95. The van der Waals surface area contributed by atoms with Gasteiger partial charge in [0.05, 0.1) is 0 Å². The third kappa shape index (κ3) is 55.8. The van der Waals surface area contributed by atoms with Crippen molar-refractivity contribution in [2.45, 2.75) is 65.7 Å². The first-order chi connectivity index (χ1) is 8.74. The molecule has 0 spiro atoms. The molecule has 112 valence electrons. The molecule has 1 aliphatic heterocycles. The van der Waals surface area contributed by atoms with E-state index in [0.29, 0.717) is 0 Å². The van der Waals surface area contributed by atoms with Crippen LogP contribution in [0.4, 0.5) is 0 Å². The molecule has 0 N–H and O–H groups in total. The monoisotopic (exact) mass is 374 g/mol. The molecule has 1 nitrogen and oxygen atoms in total. The molecule has 1 rings (SSSR count). The molecule has 0 atom stereocenters. The summed E-state index contributed by atoms with van der Waals surface area (Å²) in [5.41, 5.74) is 0. The average Bonchev–Trinajstić information content (AvgIpc) is 2.49. The Morgan fingerprint density at radius 3 is 1.37 bits per heavy atom. The maximum absolute atomic E-state index is 4.95. The third-order valence-corrected chi connectivity index (χ3v) is 1.80. The van der Waals surface area contributed by atoms with Crippen LogP contribution in [0.15, 0.2) is 6.08 Å². The van der Waals surface area contributed by atoms with Gasteiger partial charge in [0.2, 0.25) is 0 Å². The van der Waals surface area contributed by atoms with Crippen molar-refractivity contribution in [3.63, 3.8) is 0 Å². The van der Waals surface area contributed by atoms with Gasteiger partial charge in [-0.2, -0.15) is 25.7 Å². The van der Waals surface area contributed by atoms with Crippen molar-refractivity contribution in [1.29, 1.82) is 0 Å². The normalized spacial score (nSPS) is 11.5. The molecular weight excluding hydrogens is 339 g/mol. The maximum Gasteiger partial charge on any atom is 4.00 e. The van der Waals surface area contributed by atoms with Crippen LogP contribution in [0.5, 0.6) is 0 Å². The molecule has 0 radical (unpaired) electrons. The zero-order valence-electron chi connectivity index (χ0n) is 13.5. The van der Waals surface area contributed by atoms with Crippen molar-refractivity contribution in [1.82, 2.24) is 0 Å². The van der Waals surface area contributed by atoms with Gasteiger partial charge in [-0.15, -0.1) is 0 Å². The molecular formula is C17H34OSn. The van der Waals surface area contributed by atoms with E-state index >= 15 is 0 Å². The largest absolute Gasteiger partial charge is 4.00 e. The van der Waals surface area contributed by atoms with Crippen LogP contribution in [0.3, 0.4) is 0 Å². The van der Waals surface area contributed by atoms with Crippen LogP contribution in [0.2, 0.25) is 0 Å². The van der Waals surface area contributed by atoms with Crippen molar-refractivity contribution < 1.29 is 4.74 Å². The standard InChI is InChI=1S/C5H7O.3C4H9.Sn/c1-2-4-6-5-3-1;3*1-3-4-2;/h2H,3-5H2;3*1,3-4H2,2H3;/q4*-1;+4. The second-order valence-electron chi connectivity index (χ2n) is 3.79. The SMILES string of the molecule is [C-]1=CCOCC1.[CH2-]CCC.[CH2-]CCC.[CH2-]CCC.[Sn+4]. The fourth-order valence-corrected chi connectivity index (χ4v) is 0.434. The number of ether oxygens (including phenoxy) is 1. The number of unbranched alkanes of at least 4 members (excludes halogenated alkanes) is 3. The minimum atomic E-state index is 0. The first-order valence-corrected chi connectivity index (χ1v) is 7.25. The summed E-state index contributed by atoms with van der Waals surface area (Å²) in [6.07, 6.45) is 12.8. The molecule has 2 heteroatoms. The minimum absolute atomic E-state index is 0. The van der Waals surface area contributed by atoms with E-state index in [4.69, 9.17) is 4.74 Å². The summed E-state index contributed by atoms with van der Waals surface area (Å²) in [5, 5.41) is 0. The van der Waals surface area contributed by atoms with Gasteiger partial charge in [0, 0.05) is 13.2 Å². The van der Waals surface area contributed by atoms with Gasteiger partial charge in [0.15, 0.2) is 0 Å². The predicted molar refractivity (Wildman–Crippen MR) is 89.8 cm³/mol. The molecule has 0 saturated carbocycles. The average molecular weight is 373 g/mol. The fourth-order valence-electron chi connectivity index (χ4n) is 0.434. The summed E-state index contributed by atoms with van der Waals surface area (Å²) >= 11 is 0. The van der Waals surface area contributed by atoms with Crippen molar-refractivity contribution in [3.8, 4) is 0 Å². The number of hydrogen-bond acceptors (Lipinski definition) is 1. The molecule has 0 aromatic rings. The van der Waals surface area contributed by atoms with Crippen LogP contribution >= 0.6 is 0 Å². The molecule has 0 fully saturated rings. The van der Waals surface area contributed by atoms with Crippen molar-refractivity contribution in [3.05, 3.63) is 32.9 Å². The van der Waals surface area contributed by atoms with Gasteiger partial charge in [-0.05, 0) is 0 Å². The van der Waals surface area contributed by atoms with Crippen molar-refractivity contribution >= 4 is 23.9 Å². The van der Waals surface area contributed by atoms with E-state index in [1.54, 1.807) is 0 Å². The third-order valence-electron chi connectivity index (χ3n) is 1.80. The smallest absolute Gasteiger partial charge is 0.496 e. The molecule has 19 heavy (non-hydrogen) atoms. The molecule has 1 heterocycles. The van der Waals surface area contributed by atoms with Gasteiger partial charge in [0.1, 0.15) is 0 Å². The number of hydrogen-bond donors (Lipinski definition) is 0. The van der Waals surface area contributed by atoms with Crippen LogP contribution in [0.25, 0.3) is 0 Å². The second kappa shape index (κ2) is 36.3. The van der Waals surface area contributed by atoms with Gasteiger partial charge in [-0.25, -0.2) is 6.08 Å². The van der Waals surface area contributed by atoms with E-state index in [1.807, 2.05) is 6.08 Å². The minimum Gasteiger partial charge on any atom is -0.496 e. The fraction of sp³-hybridized carbons (Fsp3) is 0.706. The Balaban J connectivity index is -0.0000000796. The topological polar surface area (TPSA) is 9.23 Å². The van der Waals surface area contributed by atoms with Gasteiger partial charge in [-0.1, -0.05) is 40.0 Å². The second-order valence-corrected chi connectivity index (χ2v) is 3.79. The summed E-state index contributed by atoms with van der Waals surface area (Å²) in [4.78, 5) is 0. The Bertz CT molecular complexity index is 101. The van der Waals surface area contributed by atoms with E-state index in [-0.39, 0.29) is 23.9 Å². The van der Waals surface area contributed by atoms with Gasteiger partial charge in [-0.3, -0.25) is 0 Å². The van der Waals surface area contributed by atoms with Crippen LogP contribution < -0.4 is 0 Å². The van der Waals surface area contributed by atoms with Gasteiger partial charge < -0.3 is 31.6 Å². The zero-order chi connectivity index (χ0) is 14.5. The van der Waals surface area contributed by atoms with E-state index in [0.717, 1.165) is 38.9 Å². The molecule has 0 unspecified atom stereocenters. The zero-order valence-corrected chi connectivity index (χ0v) is 16.3. The quantitative estimate of drug-likeness (QED) is 0.485. The first kappa shape index (κ1) is 27.8. The Kier molecular flexibility index (Phi) is 53.0. The maximum atomic E-state index is 4.95. The van der Waals surface area contributed by atoms with Gasteiger partial charge >= 0.3 is 23.9 Å². The Morgan fingerprint density at radius 1 is 0.947 bits per heavy atom.